The monoisotopic (exact) mass is 400 g/mol. The van der Waals surface area contributed by atoms with Crippen molar-refractivity contribution in [3.05, 3.63) is 23.8 Å². The molecule has 1 N–H and O–H groups in total. The quantitative estimate of drug-likeness (QED) is 0.384. The second-order valence-electron chi connectivity index (χ2n) is 10.8. The summed E-state index contributed by atoms with van der Waals surface area (Å²) >= 11 is 0. The van der Waals surface area contributed by atoms with Crippen molar-refractivity contribution in [2.45, 2.75) is 85.2 Å². The van der Waals surface area contributed by atoms with Crippen LogP contribution in [0.1, 0.15) is 79.1 Å². The highest BCUT2D eigenvalue weighted by Crippen LogP contribution is 2.72. The molecule has 0 amide bonds. The molecule has 4 fully saturated rings. The summed E-state index contributed by atoms with van der Waals surface area (Å²) in [6.07, 6.45) is 9.50. The van der Waals surface area contributed by atoms with Gasteiger partial charge in [-0.2, -0.15) is 0 Å². The van der Waals surface area contributed by atoms with Crippen molar-refractivity contribution in [2.75, 3.05) is 0 Å². The van der Waals surface area contributed by atoms with E-state index in [4.69, 9.17) is 4.74 Å². The van der Waals surface area contributed by atoms with E-state index in [0.717, 1.165) is 56.9 Å². The van der Waals surface area contributed by atoms with Crippen LogP contribution < -0.4 is 0 Å². The van der Waals surface area contributed by atoms with Crippen molar-refractivity contribution < 1.29 is 19.4 Å². The number of rotatable bonds is 3. The highest BCUT2D eigenvalue weighted by Gasteiger charge is 2.68. The summed E-state index contributed by atoms with van der Waals surface area (Å²) in [7, 11) is 0. The third kappa shape index (κ3) is 2.70. The maximum absolute atomic E-state index is 12.7. The second kappa shape index (κ2) is 6.72. The molecule has 0 radical (unpaired) electrons. The summed E-state index contributed by atoms with van der Waals surface area (Å²) in [5, 5.41) is 10.1. The van der Waals surface area contributed by atoms with Gasteiger partial charge < -0.3 is 9.84 Å². The first-order valence-electron chi connectivity index (χ1n) is 11.4. The Labute approximate surface area is 174 Å². The predicted molar refractivity (Wildman–Crippen MR) is 112 cm³/mol. The largest absolute Gasteiger partial charge is 0.481 e. The number of esters is 1. The maximum Gasteiger partial charge on any atom is 0.333 e. The van der Waals surface area contributed by atoms with Crippen molar-refractivity contribution >= 4 is 11.9 Å². The number of carboxylic acid groups (broad SMARTS) is 1. The molecule has 0 unspecified atom stereocenters. The number of carboxylic acids is 1. The van der Waals surface area contributed by atoms with Gasteiger partial charge in [0.05, 0.1) is 5.41 Å². The van der Waals surface area contributed by atoms with Gasteiger partial charge in [0.1, 0.15) is 6.10 Å². The molecule has 0 heterocycles. The Morgan fingerprint density at radius 3 is 2.52 bits per heavy atom. The van der Waals surface area contributed by atoms with Crippen LogP contribution >= 0.6 is 0 Å². The lowest BCUT2D eigenvalue weighted by molar-refractivity contribution is -0.195. The second-order valence-corrected chi connectivity index (χ2v) is 10.8. The maximum atomic E-state index is 12.7. The average Bonchev–Trinajstić information content (AvgIpc) is 2.87. The average molecular weight is 401 g/mol. The number of allylic oxidation sites excluding steroid dienone is 1. The smallest absolute Gasteiger partial charge is 0.333 e. The molecular formula is C25H36O4. The molecule has 4 aliphatic carbocycles. The fraction of sp³-hybridized carbons (Fsp3) is 0.760. The van der Waals surface area contributed by atoms with Crippen LogP contribution in [0.25, 0.3) is 0 Å². The Bertz CT molecular complexity index is 782. The molecule has 0 aromatic rings. The van der Waals surface area contributed by atoms with Crippen LogP contribution in [-0.2, 0) is 14.3 Å². The van der Waals surface area contributed by atoms with Gasteiger partial charge in [-0.05, 0) is 94.5 Å². The molecule has 4 rings (SSSR count). The van der Waals surface area contributed by atoms with Gasteiger partial charge in [0, 0.05) is 11.0 Å². The molecule has 0 aromatic carbocycles. The molecule has 29 heavy (non-hydrogen) atoms. The van der Waals surface area contributed by atoms with E-state index in [1.54, 1.807) is 13.0 Å². The van der Waals surface area contributed by atoms with Crippen molar-refractivity contribution in [3.63, 3.8) is 0 Å². The van der Waals surface area contributed by atoms with Crippen LogP contribution in [0.2, 0.25) is 0 Å². The Morgan fingerprint density at radius 1 is 1.14 bits per heavy atom. The molecule has 4 aliphatic rings. The van der Waals surface area contributed by atoms with E-state index in [2.05, 4.69) is 13.5 Å². The molecule has 4 heteroatoms. The number of aliphatic carboxylic acids is 1. The van der Waals surface area contributed by atoms with E-state index in [1.165, 1.54) is 0 Å². The molecule has 1 spiro atoms. The van der Waals surface area contributed by atoms with Crippen molar-refractivity contribution in [1.82, 2.24) is 0 Å². The molecule has 160 valence electrons. The summed E-state index contributed by atoms with van der Waals surface area (Å²) in [5.74, 6) is 0.151. The SMILES string of the molecule is C=C1[C@@H]2CC[C@H]3[C@]4(C)CCC[C@@](C)(C(=O)O)[C@@H]4CC[C@]3(C2)[C@H]1OC(=O)/C(C)=C/C. The van der Waals surface area contributed by atoms with Crippen molar-refractivity contribution in [1.29, 1.82) is 0 Å². The fourth-order valence-corrected chi connectivity index (χ4v) is 8.10. The highest BCUT2D eigenvalue weighted by molar-refractivity contribution is 5.88. The van der Waals surface area contributed by atoms with Crippen molar-refractivity contribution in [3.8, 4) is 0 Å². The van der Waals surface area contributed by atoms with Gasteiger partial charge in [0.2, 0.25) is 0 Å². The molecule has 2 bridgehead atoms. The molecule has 4 saturated carbocycles. The van der Waals surface area contributed by atoms with Gasteiger partial charge >= 0.3 is 11.9 Å². The minimum atomic E-state index is -0.644. The lowest BCUT2D eigenvalue weighted by Crippen LogP contribution is -2.60. The van der Waals surface area contributed by atoms with Crippen LogP contribution in [0.3, 0.4) is 0 Å². The molecule has 0 saturated heterocycles. The van der Waals surface area contributed by atoms with Crippen LogP contribution in [0, 0.1) is 34.0 Å². The molecule has 4 nitrogen and oxygen atoms in total. The first kappa shape index (κ1) is 20.7. The van der Waals surface area contributed by atoms with Gasteiger partial charge in [-0.15, -0.1) is 0 Å². The number of hydrogen-bond acceptors (Lipinski definition) is 3. The van der Waals surface area contributed by atoms with Gasteiger partial charge in [-0.1, -0.05) is 26.0 Å². The normalized spacial score (nSPS) is 46.6. The summed E-state index contributed by atoms with van der Waals surface area (Å²) in [6.45, 7) is 12.4. The lowest BCUT2D eigenvalue weighted by Gasteiger charge is -2.63. The van der Waals surface area contributed by atoms with Gasteiger partial charge in [0.15, 0.2) is 0 Å². The third-order valence-electron chi connectivity index (χ3n) is 9.65. The summed E-state index contributed by atoms with van der Waals surface area (Å²) in [5.41, 5.74) is 1.02. The van der Waals surface area contributed by atoms with E-state index in [1.807, 2.05) is 13.8 Å². The lowest BCUT2D eigenvalue weighted by atomic mass is 9.40. The zero-order valence-electron chi connectivity index (χ0n) is 18.4. The van der Waals surface area contributed by atoms with Crippen molar-refractivity contribution in [2.24, 2.45) is 34.0 Å². The van der Waals surface area contributed by atoms with E-state index < -0.39 is 11.4 Å². The van der Waals surface area contributed by atoms with Crippen LogP contribution in [-0.4, -0.2) is 23.1 Å². The van der Waals surface area contributed by atoms with E-state index >= 15 is 0 Å². The Hall–Kier alpha value is -1.58. The Kier molecular flexibility index (Phi) is 4.79. The first-order valence-corrected chi connectivity index (χ1v) is 11.4. The number of hydrogen-bond donors (Lipinski definition) is 1. The number of ether oxygens (including phenoxy) is 1. The zero-order valence-corrected chi connectivity index (χ0v) is 18.4. The minimum absolute atomic E-state index is 0.0144. The van der Waals surface area contributed by atoms with Crippen LogP contribution in [0.15, 0.2) is 23.8 Å². The third-order valence-corrected chi connectivity index (χ3v) is 9.65. The Morgan fingerprint density at radius 2 is 1.86 bits per heavy atom. The molecule has 0 aromatic heterocycles. The summed E-state index contributed by atoms with van der Waals surface area (Å²) in [4.78, 5) is 25.0. The highest BCUT2D eigenvalue weighted by atomic mass is 16.5. The zero-order chi connectivity index (χ0) is 21.2. The summed E-state index contributed by atoms with van der Waals surface area (Å²) in [6, 6.07) is 0. The number of carbonyl (C=O) groups is 2. The van der Waals surface area contributed by atoms with Gasteiger partial charge in [-0.25, -0.2) is 4.79 Å². The van der Waals surface area contributed by atoms with E-state index in [-0.39, 0.29) is 28.8 Å². The Balaban J connectivity index is 1.73. The van der Waals surface area contributed by atoms with E-state index in [0.29, 0.717) is 17.4 Å². The van der Waals surface area contributed by atoms with E-state index in [9.17, 15) is 14.7 Å². The standard InChI is InChI=1S/C25H36O4/c1-6-15(2)21(26)29-20-16(3)17-8-9-19-23(4)11-7-12-24(5,22(27)28)18(23)10-13-25(19,20)14-17/h6,17-20H,3,7-14H2,1-2,4-5H3,(H,27,28)/b15-6+/t17-,18-,19+,20+,23-,24-,25-/m1/s1. The molecule has 0 aliphatic heterocycles. The molecule has 7 atom stereocenters. The molecular weight excluding hydrogens is 364 g/mol. The van der Waals surface area contributed by atoms with Crippen LogP contribution in [0.5, 0.6) is 0 Å². The topological polar surface area (TPSA) is 63.6 Å². The fourth-order valence-electron chi connectivity index (χ4n) is 8.10. The van der Waals surface area contributed by atoms with Gasteiger partial charge in [-0.3, -0.25) is 4.79 Å². The predicted octanol–water partition coefficient (Wildman–Crippen LogP) is 5.53. The number of carbonyl (C=O) groups excluding carboxylic acids is 1. The minimum Gasteiger partial charge on any atom is -0.481 e. The number of fused-ring (bicyclic) bond motifs is 3. The van der Waals surface area contributed by atoms with Gasteiger partial charge in [0.25, 0.3) is 0 Å². The van der Waals surface area contributed by atoms with Crippen LogP contribution in [0.4, 0.5) is 0 Å². The first-order chi connectivity index (χ1) is 13.6. The summed E-state index contributed by atoms with van der Waals surface area (Å²) < 4.78 is 6.15.